The van der Waals surface area contributed by atoms with Crippen LogP contribution in [-0.4, -0.2) is 39.2 Å². The number of benzene rings is 2. The van der Waals surface area contributed by atoms with E-state index in [0.29, 0.717) is 29.4 Å². The van der Waals surface area contributed by atoms with Crippen LogP contribution in [0.1, 0.15) is 27.9 Å². The van der Waals surface area contributed by atoms with Crippen LogP contribution in [-0.2, 0) is 30.0 Å². The Bertz CT molecular complexity index is 1450. The highest BCUT2D eigenvalue weighted by Crippen LogP contribution is 2.33. The third-order valence-electron chi connectivity index (χ3n) is 6.26. The zero-order valence-corrected chi connectivity index (χ0v) is 19.8. The summed E-state index contributed by atoms with van der Waals surface area (Å²) in [5.74, 6) is 0.684. The van der Waals surface area contributed by atoms with E-state index in [9.17, 15) is 8.42 Å². The van der Waals surface area contributed by atoms with Gasteiger partial charge >= 0.3 is 0 Å². The van der Waals surface area contributed by atoms with E-state index >= 15 is 0 Å². The molecule has 0 saturated carbocycles. The van der Waals surface area contributed by atoms with Crippen LogP contribution in [0.25, 0.3) is 23.0 Å². The van der Waals surface area contributed by atoms with Crippen LogP contribution in [0.15, 0.2) is 51.8 Å². The van der Waals surface area contributed by atoms with Gasteiger partial charge in [-0.15, -0.1) is 10.2 Å². The highest BCUT2D eigenvalue weighted by molar-refractivity contribution is 7.89. The van der Waals surface area contributed by atoms with Gasteiger partial charge in [0.2, 0.25) is 15.9 Å². The van der Waals surface area contributed by atoms with Gasteiger partial charge < -0.3 is 4.42 Å². The standard InChI is InChI=1S/C24H25N5O3S/c1-15-12-17(3)21(13-16(15)2)33(30,31)29-11-10-20-19(14-29)22(27-28(20)4)24-26-25-23(32-24)18-8-6-5-7-9-18/h5-9,12-13H,10-11,14H2,1-4H3. The Hall–Kier alpha value is -3.30. The Balaban J connectivity index is 1.52. The molecule has 0 fully saturated rings. The molecule has 0 N–H and O–H groups in total. The van der Waals surface area contributed by atoms with Crippen molar-refractivity contribution in [2.24, 2.45) is 7.05 Å². The van der Waals surface area contributed by atoms with E-state index in [0.717, 1.165) is 33.5 Å². The average molecular weight is 464 g/mol. The van der Waals surface area contributed by atoms with Gasteiger partial charge in [0.15, 0.2) is 5.69 Å². The highest BCUT2D eigenvalue weighted by atomic mass is 32.2. The van der Waals surface area contributed by atoms with E-state index in [2.05, 4.69) is 15.3 Å². The van der Waals surface area contributed by atoms with Gasteiger partial charge in [0.1, 0.15) is 0 Å². The molecular weight excluding hydrogens is 438 g/mol. The summed E-state index contributed by atoms with van der Waals surface area (Å²) >= 11 is 0. The summed E-state index contributed by atoms with van der Waals surface area (Å²) in [5.41, 5.74) is 5.91. The summed E-state index contributed by atoms with van der Waals surface area (Å²) in [5, 5.41) is 13.0. The van der Waals surface area contributed by atoms with Gasteiger partial charge in [-0.05, 0) is 55.7 Å². The molecule has 170 valence electrons. The van der Waals surface area contributed by atoms with Crippen LogP contribution in [0.4, 0.5) is 0 Å². The lowest BCUT2D eigenvalue weighted by molar-refractivity contribution is 0.385. The van der Waals surface area contributed by atoms with Crippen molar-refractivity contribution in [2.75, 3.05) is 6.54 Å². The van der Waals surface area contributed by atoms with Gasteiger partial charge in [-0.3, -0.25) is 4.68 Å². The Morgan fingerprint density at radius 1 is 0.939 bits per heavy atom. The molecule has 8 nitrogen and oxygen atoms in total. The number of hydrogen-bond donors (Lipinski definition) is 0. The molecule has 1 aliphatic rings. The molecule has 2 aromatic carbocycles. The molecule has 2 aromatic heterocycles. The Kier molecular flexibility index (Phi) is 5.18. The minimum Gasteiger partial charge on any atom is -0.415 e. The quantitative estimate of drug-likeness (QED) is 0.457. The zero-order chi connectivity index (χ0) is 23.3. The zero-order valence-electron chi connectivity index (χ0n) is 19.0. The minimum absolute atomic E-state index is 0.205. The molecule has 0 unspecified atom stereocenters. The summed E-state index contributed by atoms with van der Waals surface area (Å²) in [6.07, 6.45) is 0.557. The molecule has 0 radical (unpaired) electrons. The van der Waals surface area contributed by atoms with E-state index in [-0.39, 0.29) is 12.4 Å². The van der Waals surface area contributed by atoms with E-state index < -0.39 is 10.0 Å². The topological polar surface area (TPSA) is 94.1 Å². The Morgan fingerprint density at radius 3 is 2.39 bits per heavy atom. The van der Waals surface area contributed by atoms with Crippen molar-refractivity contribution in [3.8, 4) is 23.0 Å². The third kappa shape index (κ3) is 3.67. The molecule has 0 spiro atoms. The second-order valence-corrected chi connectivity index (χ2v) is 10.4. The van der Waals surface area contributed by atoms with Crippen LogP contribution in [0.2, 0.25) is 0 Å². The normalized spacial score (nSPS) is 14.4. The lowest BCUT2D eigenvalue weighted by Crippen LogP contribution is -2.36. The van der Waals surface area contributed by atoms with Gasteiger partial charge in [0, 0.05) is 43.4 Å². The van der Waals surface area contributed by atoms with E-state index in [1.807, 2.05) is 64.2 Å². The predicted molar refractivity (Wildman–Crippen MR) is 124 cm³/mol. The van der Waals surface area contributed by atoms with Crippen LogP contribution < -0.4 is 0 Å². The number of sulfonamides is 1. The molecule has 0 aliphatic carbocycles. The first-order chi connectivity index (χ1) is 15.8. The van der Waals surface area contributed by atoms with E-state index in [1.165, 1.54) is 4.31 Å². The fraction of sp³-hybridized carbons (Fsp3) is 0.292. The molecule has 5 rings (SSSR count). The molecule has 4 aromatic rings. The molecule has 0 bridgehead atoms. The molecule has 1 aliphatic heterocycles. The van der Waals surface area contributed by atoms with Crippen LogP contribution in [0.5, 0.6) is 0 Å². The predicted octanol–water partition coefficient (Wildman–Crippen LogP) is 3.81. The van der Waals surface area contributed by atoms with Crippen LogP contribution >= 0.6 is 0 Å². The van der Waals surface area contributed by atoms with Gasteiger partial charge in [0.05, 0.1) is 4.90 Å². The number of rotatable bonds is 4. The monoisotopic (exact) mass is 463 g/mol. The molecule has 9 heteroatoms. The van der Waals surface area contributed by atoms with Gasteiger partial charge in [-0.2, -0.15) is 9.40 Å². The lowest BCUT2D eigenvalue weighted by atomic mass is 10.1. The van der Waals surface area contributed by atoms with Gasteiger partial charge in [0.25, 0.3) is 5.89 Å². The first kappa shape index (κ1) is 21.5. The van der Waals surface area contributed by atoms with Crippen molar-refractivity contribution >= 4 is 10.0 Å². The van der Waals surface area contributed by atoms with Crippen molar-refractivity contribution in [3.05, 3.63) is 70.4 Å². The minimum atomic E-state index is -3.67. The fourth-order valence-corrected chi connectivity index (χ4v) is 6.01. The summed E-state index contributed by atoms with van der Waals surface area (Å²) in [6.45, 7) is 6.35. The van der Waals surface area contributed by atoms with Crippen molar-refractivity contribution < 1.29 is 12.8 Å². The number of aromatic nitrogens is 4. The second-order valence-electron chi connectivity index (χ2n) is 8.47. The number of nitrogens with zero attached hydrogens (tertiary/aromatic N) is 5. The van der Waals surface area contributed by atoms with Gasteiger partial charge in [-0.25, -0.2) is 8.42 Å². The number of hydrogen-bond acceptors (Lipinski definition) is 6. The molecule has 0 amide bonds. The van der Waals surface area contributed by atoms with E-state index in [4.69, 9.17) is 4.42 Å². The first-order valence-corrected chi connectivity index (χ1v) is 12.2. The molecule has 33 heavy (non-hydrogen) atoms. The summed E-state index contributed by atoms with van der Waals surface area (Å²) in [7, 11) is -1.82. The first-order valence-electron chi connectivity index (χ1n) is 10.8. The summed E-state index contributed by atoms with van der Waals surface area (Å²) in [4.78, 5) is 0.351. The van der Waals surface area contributed by atoms with Crippen molar-refractivity contribution in [1.82, 2.24) is 24.3 Å². The number of aryl methyl sites for hydroxylation is 4. The molecule has 0 atom stereocenters. The summed E-state index contributed by atoms with van der Waals surface area (Å²) in [6, 6.07) is 13.2. The SMILES string of the molecule is Cc1cc(C)c(S(=O)(=O)N2CCc3c(c(-c4nnc(-c5ccccc5)o4)nn3C)C2)cc1C. The smallest absolute Gasteiger partial charge is 0.268 e. The molecule has 0 saturated heterocycles. The molecule has 3 heterocycles. The maximum absolute atomic E-state index is 13.6. The van der Waals surface area contributed by atoms with Gasteiger partial charge in [-0.1, -0.05) is 24.3 Å². The molecular formula is C24H25N5O3S. The van der Waals surface area contributed by atoms with Crippen molar-refractivity contribution in [1.29, 1.82) is 0 Å². The number of fused-ring (bicyclic) bond motifs is 1. The lowest BCUT2D eigenvalue weighted by Gasteiger charge is -2.27. The van der Waals surface area contributed by atoms with Crippen LogP contribution in [0.3, 0.4) is 0 Å². The maximum atomic E-state index is 13.6. The largest absolute Gasteiger partial charge is 0.415 e. The van der Waals surface area contributed by atoms with Crippen molar-refractivity contribution in [3.63, 3.8) is 0 Å². The Labute approximate surface area is 192 Å². The highest BCUT2D eigenvalue weighted by Gasteiger charge is 2.34. The maximum Gasteiger partial charge on any atom is 0.268 e. The second kappa shape index (κ2) is 7.93. The van der Waals surface area contributed by atoms with Crippen molar-refractivity contribution in [2.45, 2.75) is 38.6 Å². The van der Waals surface area contributed by atoms with E-state index in [1.54, 1.807) is 10.7 Å². The third-order valence-corrected chi connectivity index (χ3v) is 8.25. The Morgan fingerprint density at radius 2 is 1.64 bits per heavy atom. The fourth-order valence-electron chi connectivity index (χ4n) is 4.31. The summed E-state index contributed by atoms with van der Waals surface area (Å²) < 4.78 is 36.4. The average Bonchev–Trinajstić information content (AvgIpc) is 3.41. The van der Waals surface area contributed by atoms with Crippen LogP contribution in [0, 0.1) is 20.8 Å².